The average Bonchev–Trinajstić information content (AvgIpc) is 4.15. The number of hydrogen-bond donors (Lipinski definition) is 0. The van der Waals surface area contributed by atoms with Crippen molar-refractivity contribution in [3.63, 3.8) is 0 Å². The zero-order chi connectivity index (χ0) is 43.0. The Morgan fingerprint density at radius 3 is 1.05 bits per heavy atom. The van der Waals surface area contributed by atoms with Crippen LogP contribution >= 0.6 is 45.3 Å². The number of benzene rings is 9. The Labute approximate surface area is 393 Å². The number of aromatic nitrogens is 2. The van der Waals surface area contributed by atoms with Crippen LogP contribution in [0, 0.1) is 0 Å². The minimum Gasteiger partial charge on any atom is -0.245 e. The maximum absolute atomic E-state index is 5.78. The molecular formula is C60H32N2S4. The Balaban J connectivity index is 1.07. The minimum atomic E-state index is 0.905. The van der Waals surface area contributed by atoms with Crippen LogP contribution in [0.2, 0.25) is 0 Å². The highest BCUT2D eigenvalue weighted by atomic mass is 32.1. The molecule has 0 spiro atoms. The highest BCUT2D eigenvalue weighted by molar-refractivity contribution is 7.27. The van der Waals surface area contributed by atoms with E-state index >= 15 is 0 Å². The van der Waals surface area contributed by atoms with Crippen molar-refractivity contribution in [1.82, 2.24) is 9.97 Å². The zero-order valence-electron chi connectivity index (χ0n) is 35.0. The molecule has 0 bridgehead atoms. The molecule has 15 aromatic rings. The number of thiophene rings is 4. The fraction of sp³-hybridized carbons (Fsp3) is 0. The summed E-state index contributed by atoms with van der Waals surface area (Å²) in [5.41, 5.74) is 10.6. The molecule has 0 radical (unpaired) electrons. The minimum absolute atomic E-state index is 0.905. The number of fused-ring (bicyclic) bond motifs is 15. The lowest BCUT2D eigenvalue weighted by Gasteiger charge is -2.16. The third kappa shape index (κ3) is 5.44. The molecule has 0 saturated heterocycles. The van der Waals surface area contributed by atoms with Crippen molar-refractivity contribution in [1.29, 1.82) is 0 Å². The first-order chi connectivity index (χ1) is 32.7. The predicted molar refractivity (Wildman–Crippen MR) is 290 cm³/mol. The van der Waals surface area contributed by atoms with Gasteiger partial charge in [-0.25, -0.2) is 9.97 Å². The van der Waals surface area contributed by atoms with Crippen molar-refractivity contribution in [3.05, 3.63) is 194 Å². The molecule has 6 aromatic heterocycles. The lowest BCUT2D eigenvalue weighted by atomic mass is 9.92. The van der Waals surface area contributed by atoms with Gasteiger partial charge in [0.2, 0.25) is 0 Å². The summed E-state index contributed by atoms with van der Waals surface area (Å²) in [6.45, 7) is 0. The van der Waals surface area contributed by atoms with E-state index in [-0.39, 0.29) is 0 Å². The molecule has 66 heavy (non-hydrogen) atoms. The van der Waals surface area contributed by atoms with Crippen molar-refractivity contribution in [3.8, 4) is 44.8 Å². The first-order valence-electron chi connectivity index (χ1n) is 22.1. The van der Waals surface area contributed by atoms with Gasteiger partial charge in [0, 0.05) is 103 Å². The molecule has 6 heterocycles. The smallest absolute Gasteiger partial charge is 0.0978 e. The quantitative estimate of drug-likeness (QED) is 0.164. The Morgan fingerprint density at radius 1 is 0.242 bits per heavy atom. The average molecular weight is 909 g/mol. The summed E-state index contributed by atoms with van der Waals surface area (Å²) in [6, 6.07) is 71.7. The van der Waals surface area contributed by atoms with Crippen molar-refractivity contribution in [2.24, 2.45) is 0 Å². The summed E-state index contributed by atoms with van der Waals surface area (Å²) in [5.74, 6) is 0. The van der Waals surface area contributed by atoms with Gasteiger partial charge in [-0.15, -0.1) is 45.3 Å². The highest BCUT2D eigenvalue weighted by Gasteiger charge is 2.21. The van der Waals surface area contributed by atoms with Crippen LogP contribution in [0.25, 0.3) is 147 Å². The Kier molecular flexibility index (Phi) is 7.89. The van der Waals surface area contributed by atoms with Crippen LogP contribution in [0.5, 0.6) is 0 Å². The second-order valence-corrected chi connectivity index (χ2v) is 21.4. The van der Waals surface area contributed by atoms with E-state index in [1.54, 1.807) is 0 Å². The molecule has 0 saturated carbocycles. The standard InChI is InChI=1S/C60H32N2S4/c1-7-21-53-35(11-1)41-15-9-17-43(59(41)65-53)49-31-45(33-23-27-55-47(29-33)37-13-3-5-19-51(37)63-55)39-25-26-40-46(34-24-28-56-48(30-34)38-14-4-6-20-52(38)64-56)32-50(62-58(40)57(39)61-49)44-18-10-16-42-36-12-2-8-22-54(36)66-60(42)44/h1-32H. The van der Waals surface area contributed by atoms with E-state index in [1.807, 2.05) is 45.3 Å². The van der Waals surface area contributed by atoms with Crippen LogP contribution in [0.4, 0.5) is 0 Å². The first-order valence-corrected chi connectivity index (χ1v) is 25.4. The SMILES string of the molecule is c1ccc2c(c1)sc1ccc(-c3cc(-c4cccc5c4sc4ccccc45)nc4c3ccc3c(-c5ccc6sc7ccccc7c6c5)cc(-c5cccc6c5sc5ccccc56)nc34)cc12. The van der Waals surface area contributed by atoms with Crippen molar-refractivity contribution in [2.75, 3.05) is 0 Å². The number of nitrogens with zero attached hydrogens (tertiary/aromatic N) is 2. The van der Waals surface area contributed by atoms with Crippen LogP contribution in [0.15, 0.2) is 194 Å². The number of pyridine rings is 2. The van der Waals surface area contributed by atoms with Crippen molar-refractivity contribution >= 4 is 148 Å². The van der Waals surface area contributed by atoms with Crippen LogP contribution in [-0.2, 0) is 0 Å². The first kappa shape index (κ1) is 37.0. The van der Waals surface area contributed by atoms with Gasteiger partial charge >= 0.3 is 0 Å². The summed E-state index contributed by atoms with van der Waals surface area (Å²) in [6.07, 6.45) is 0. The van der Waals surface area contributed by atoms with E-state index in [0.29, 0.717) is 0 Å². The van der Waals surface area contributed by atoms with Gasteiger partial charge in [-0.2, -0.15) is 0 Å². The number of rotatable bonds is 4. The molecule has 0 aliphatic heterocycles. The topological polar surface area (TPSA) is 25.8 Å². The zero-order valence-corrected chi connectivity index (χ0v) is 38.3. The molecule has 0 unspecified atom stereocenters. The second kappa shape index (κ2) is 14.1. The Morgan fingerprint density at radius 2 is 0.606 bits per heavy atom. The van der Waals surface area contributed by atoms with Gasteiger partial charge in [-0.05, 0) is 82.9 Å². The number of hydrogen-bond acceptors (Lipinski definition) is 6. The molecule has 6 heteroatoms. The summed E-state index contributed by atoms with van der Waals surface area (Å²) in [5, 5.41) is 12.4. The molecule has 15 rings (SSSR count). The molecule has 0 aliphatic rings. The summed E-state index contributed by atoms with van der Waals surface area (Å²) >= 11 is 7.42. The van der Waals surface area contributed by atoms with Crippen LogP contribution in [0.1, 0.15) is 0 Å². The fourth-order valence-electron chi connectivity index (χ4n) is 10.4. The van der Waals surface area contributed by atoms with Crippen LogP contribution < -0.4 is 0 Å². The maximum Gasteiger partial charge on any atom is 0.0978 e. The van der Waals surface area contributed by atoms with Gasteiger partial charge in [0.1, 0.15) is 0 Å². The molecule has 0 amide bonds. The molecule has 2 nitrogen and oxygen atoms in total. The maximum atomic E-state index is 5.78. The van der Waals surface area contributed by atoms with E-state index < -0.39 is 0 Å². The third-order valence-electron chi connectivity index (χ3n) is 13.5. The van der Waals surface area contributed by atoms with E-state index in [9.17, 15) is 0 Å². The van der Waals surface area contributed by atoms with Crippen molar-refractivity contribution < 1.29 is 0 Å². The fourth-order valence-corrected chi connectivity index (χ4v) is 15.0. The molecule has 306 valence electrons. The molecular weight excluding hydrogens is 877 g/mol. The van der Waals surface area contributed by atoms with E-state index in [2.05, 4.69) is 194 Å². The Bertz CT molecular complexity index is 4260. The van der Waals surface area contributed by atoms with Gasteiger partial charge in [0.05, 0.1) is 22.4 Å². The lowest BCUT2D eigenvalue weighted by molar-refractivity contribution is 1.37. The summed E-state index contributed by atoms with van der Waals surface area (Å²) < 4.78 is 10.3. The molecule has 0 N–H and O–H groups in total. The van der Waals surface area contributed by atoms with Gasteiger partial charge in [-0.3, -0.25) is 0 Å². The van der Waals surface area contributed by atoms with Gasteiger partial charge in [0.25, 0.3) is 0 Å². The van der Waals surface area contributed by atoms with Crippen LogP contribution in [0.3, 0.4) is 0 Å². The third-order valence-corrected chi connectivity index (χ3v) is 18.2. The molecule has 9 aromatic carbocycles. The second-order valence-electron chi connectivity index (χ2n) is 17.1. The van der Waals surface area contributed by atoms with Crippen molar-refractivity contribution in [2.45, 2.75) is 0 Å². The van der Waals surface area contributed by atoms with Gasteiger partial charge < -0.3 is 0 Å². The van der Waals surface area contributed by atoms with E-state index in [0.717, 1.165) is 55.4 Å². The summed E-state index contributed by atoms with van der Waals surface area (Å²) in [4.78, 5) is 11.6. The van der Waals surface area contributed by atoms with E-state index in [1.165, 1.54) is 91.8 Å². The molecule has 0 aliphatic carbocycles. The largest absolute Gasteiger partial charge is 0.245 e. The summed E-state index contributed by atoms with van der Waals surface area (Å²) in [7, 11) is 0. The lowest BCUT2D eigenvalue weighted by Crippen LogP contribution is -1.96. The normalized spacial score (nSPS) is 12.2. The highest BCUT2D eigenvalue weighted by Crippen LogP contribution is 2.47. The molecule has 0 fully saturated rings. The van der Waals surface area contributed by atoms with Gasteiger partial charge in [-0.1, -0.05) is 133 Å². The van der Waals surface area contributed by atoms with E-state index in [4.69, 9.17) is 9.97 Å². The molecule has 0 atom stereocenters. The Hall–Kier alpha value is -7.32. The van der Waals surface area contributed by atoms with Gasteiger partial charge in [0.15, 0.2) is 0 Å². The van der Waals surface area contributed by atoms with Crippen LogP contribution in [-0.4, -0.2) is 9.97 Å². The monoisotopic (exact) mass is 908 g/mol. The predicted octanol–water partition coefficient (Wildman–Crippen LogP) is 18.9.